The fourth-order valence-electron chi connectivity index (χ4n) is 3.11. The lowest BCUT2D eigenvalue weighted by Gasteiger charge is -2.25. The predicted octanol–water partition coefficient (Wildman–Crippen LogP) is 5.52. The largest absolute Gasteiger partial charge is 0.457 e. The molecule has 0 N–H and O–H groups in total. The number of rotatable bonds is 8. The van der Waals surface area contributed by atoms with E-state index in [9.17, 15) is 10.1 Å². The minimum atomic E-state index is -1.02. The zero-order valence-electron chi connectivity index (χ0n) is 16.5. The summed E-state index contributed by atoms with van der Waals surface area (Å²) in [5.74, 6) is 2.83. The fourth-order valence-corrected chi connectivity index (χ4v) is 3.11. The number of carbonyl (C=O) groups excluding carboxylic acids is 1. The van der Waals surface area contributed by atoms with E-state index in [0.717, 1.165) is 0 Å². The first-order valence-electron chi connectivity index (χ1n) is 9.39. The van der Waals surface area contributed by atoms with Crippen molar-refractivity contribution in [1.82, 2.24) is 0 Å². The van der Waals surface area contributed by atoms with Crippen molar-refractivity contribution >= 4 is 5.97 Å². The molecule has 0 spiro atoms. The van der Waals surface area contributed by atoms with E-state index in [1.807, 2.05) is 51.1 Å². The maximum atomic E-state index is 12.8. The molecule has 0 bridgehead atoms. The molecule has 4 nitrogen and oxygen atoms in total. The monoisotopic (exact) mass is 375 g/mol. The summed E-state index contributed by atoms with van der Waals surface area (Å²) in [7, 11) is 0. The lowest BCUT2D eigenvalue weighted by Crippen LogP contribution is -2.30. The minimum Gasteiger partial charge on any atom is -0.457 e. The molecule has 28 heavy (non-hydrogen) atoms. The highest BCUT2D eigenvalue weighted by Crippen LogP contribution is 2.30. The molecule has 0 amide bonds. The van der Waals surface area contributed by atoms with Crippen LogP contribution in [0.25, 0.3) is 0 Å². The van der Waals surface area contributed by atoms with Crippen LogP contribution in [0.15, 0.2) is 54.6 Å². The zero-order valence-corrected chi connectivity index (χ0v) is 16.5. The van der Waals surface area contributed by atoms with Gasteiger partial charge in [-0.15, -0.1) is 12.3 Å². The summed E-state index contributed by atoms with van der Waals surface area (Å²) in [5, 5.41) is 9.57. The Morgan fingerprint density at radius 3 is 2.36 bits per heavy atom. The van der Waals surface area contributed by atoms with Crippen LogP contribution in [0, 0.1) is 41.4 Å². The number of terminal acetylenes is 1. The summed E-state index contributed by atoms with van der Waals surface area (Å²) in [6.45, 7) is 5.81. The van der Waals surface area contributed by atoms with Crippen LogP contribution in [0.2, 0.25) is 0 Å². The molecule has 2 aromatic rings. The van der Waals surface area contributed by atoms with Crippen LogP contribution >= 0.6 is 0 Å². The number of benzene rings is 2. The van der Waals surface area contributed by atoms with Gasteiger partial charge in [-0.05, 0) is 36.6 Å². The Morgan fingerprint density at radius 2 is 1.79 bits per heavy atom. The van der Waals surface area contributed by atoms with Crippen LogP contribution in [0.4, 0.5) is 0 Å². The van der Waals surface area contributed by atoms with Gasteiger partial charge in [0.1, 0.15) is 17.6 Å². The molecule has 2 rings (SSSR count). The van der Waals surface area contributed by atoms with Crippen molar-refractivity contribution in [3.63, 3.8) is 0 Å². The number of nitrogens with zero attached hydrogens (tertiary/aromatic N) is 1. The van der Waals surface area contributed by atoms with Gasteiger partial charge in [0.2, 0.25) is 6.10 Å². The second kappa shape index (κ2) is 10.2. The molecular formula is C24H25NO3. The van der Waals surface area contributed by atoms with Gasteiger partial charge < -0.3 is 9.47 Å². The lowest BCUT2D eigenvalue weighted by atomic mass is 9.82. The van der Waals surface area contributed by atoms with Crippen molar-refractivity contribution in [3.8, 4) is 29.9 Å². The number of esters is 1. The van der Waals surface area contributed by atoms with E-state index < -0.39 is 18.0 Å². The number of hydrogen-bond donors (Lipinski definition) is 0. The van der Waals surface area contributed by atoms with Gasteiger partial charge in [-0.2, -0.15) is 5.26 Å². The van der Waals surface area contributed by atoms with Crippen LogP contribution in [-0.2, 0) is 9.53 Å². The number of nitriles is 1. The molecule has 0 aliphatic rings. The van der Waals surface area contributed by atoms with E-state index in [1.54, 1.807) is 24.3 Å². The average molecular weight is 375 g/mol. The molecule has 0 aliphatic carbocycles. The molecule has 0 aromatic heterocycles. The van der Waals surface area contributed by atoms with Crippen molar-refractivity contribution in [2.24, 2.45) is 17.8 Å². The highest BCUT2D eigenvalue weighted by Gasteiger charge is 2.32. The van der Waals surface area contributed by atoms with E-state index in [4.69, 9.17) is 15.9 Å². The maximum absolute atomic E-state index is 12.8. The Morgan fingerprint density at radius 1 is 1.11 bits per heavy atom. The SMILES string of the molecule is C#CC(CC)C(C(=O)OC(C#N)c1cccc(Oc2ccccc2)c1)C(C)C. The molecule has 144 valence electrons. The topological polar surface area (TPSA) is 59.3 Å². The highest BCUT2D eigenvalue weighted by atomic mass is 16.5. The van der Waals surface area contributed by atoms with Crippen molar-refractivity contribution < 1.29 is 14.3 Å². The standard InChI is InChI=1S/C24H25NO3/c1-5-18(6-2)23(17(3)4)24(26)28-22(16-25)19-11-10-14-21(15-19)27-20-12-8-7-9-13-20/h1,7-15,17-18,22-23H,6H2,2-4H3. The number of para-hydroxylation sites is 1. The van der Waals surface area contributed by atoms with Crippen molar-refractivity contribution in [2.75, 3.05) is 0 Å². The molecule has 0 aliphatic heterocycles. The van der Waals surface area contributed by atoms with Gasteiger partial charge in [0, 0.05) is 11.5 Å². The molecule has 2 aromatic carbocycles. The van der Waals surface area contributed by atoms with Gasteiger partial charge in [-0.1, -0.05) is 51.1 Å². The van der Waals surface area contributed by atoms with E-state index >= 15 is 0 Å². The van der Waals surface area contributed by atoms with Crippen LogP contribution in [0.1, 0.15) is 38.9 Å². The van der Waals surface area contributed by atoms with Crippen LogP contribution in [0.3, 0.4) is 0 Å². The molecule has 3 atom stereocenters. The van der Waals surface area contributed by atoms with E-state index in [1.165, 1.54) is 0 Å². The first-order chi connectivity index (χ1) is 13.5. The quantitative estimate of drug-likeness (QED) is 0.450. The average Bonchev–Trinajstić information content (AvgIpc) is 2.70. The molecule has 0 radical (unpaired) electrons. The summed E-state index contributed by atoms with van der Waals surface area (Å²) in [4.78, 5) is 12.8. The lowest BCUT2D eigenvalue weighted by molar-refractivity contribution is -0.155. The fraction of sp³-hybridized carbons (Fsp3) is 0.333. The summed E-state index contributed by atoms with van der Waals surface area (Å²) in [6, 6.07) is 18.4. The number of carbonyl (C=O) groups is 1. The highest BCUT2D eigenvalue weighted by molar-refractivity contribution is 5.74. The van der Waals surface area contributed by atoms with Gasteiger partial charge in [0.15, 0.2) is 0 Å². The normalized spacial score (nSPS) is 13.6. The van der Waals surface area contributed by atoms with Gasteiger partial charge in [0.05, 0.1) is 5.92 Å². The third-order valence-corrected chi connectivity index (χ3v) is 4.57. The van der Waals surface area contributed by atoms with Gasteiger partial charge in [0.25, 0.3) is 0 Å². The Kier molecular flexibility index (Phi) is 7.66. The first kappa shape index (κ1) is 21.1. The maximum Gasteiger partial charge on any atom is 0.312 e. The molecule has 0 saturated heterocycles. The third kappa shape index (κ3) is 5.38. The summed E-state index contributed by atoms with van der Waals surface area (Å²) in [6.07, 6.45) is 5.24. The molecule has 0 fully saturated rings. The summed E-state index contributed by atoms with van der Waals surface area (Å²) in [5.41, 5.74) is 0.556. The van der Waals surface area contributed by atoms with E-state index in [2.05, 4.69) is 12.0 Å². The third-order valence-electron chi connectivity index (χ3n) is 4.57. The van der Waals surface area contributed by atoms with E-state index in [-0.39, 0.29) is 11.8 Å². The van der Waals surface area contributed by atoms with Gasteiger partial charge >= 0.3 is 5.97 Å². The van der Waals surface area contributed by atoms with Crippen LogP contribution in [0.5, 0.6) is 11.5 Å². The number of hydrogen-bond acceptors (Lipinski definition) is 4. The van der Waals surface area contributed by atoms with Crippen molar-refractivity contribution in [3.05, 3.63) is 60.2 Å². The van der Waals surface area contributed by atoms with Gasteiger partial charge in [-0.25, -0.2) is 0 Å². The second-order valence-corrected chi connectivity index (χ2v) is 6.88. The Balaban J connectivity index is 2.19. The Bertz CT molecular complexity index is 861. The molecule has 3 unspecified atom stereocenters. The van der Waals surface area contributed by atoms with Crippen molar-refractivity contribution in [2.45, 2.75) is 33.3 Å². The van der Waals surface area contributed by atoms with Crippen LogP contribution < -0.4 is 4.74 Å². The number of ether oxygens (including phenoxy) is 2. The van der Waals surface area contributed by atoms with Crippen molar-refractivity contribution in [1.29, 1.82) is 5.26 Å². The minimum absolute atomic E-state index is 0.0144. The molecule has 0 heterocycles. The smallest absolute Gasteiger partial charge is 0.312 e. The molecule has 4 heteroatoms. The Hall–Kier alpha value is -3.24. The predicted molar refractivity (Wildman–Crippen MR) is 108 cm³/mol. The zero-order chi connectivity index (χ0) is 20.5. The first-order valence-corrected chi connectivity index (χ1v) is 9.39. The molecule has 0 saturated carbocycles. The second-order valence-electron chi connectivity index (χ2n) is 6.88. The van der Waals surface area contributed by atoms with E-state index in [0.29, 0.717) is 23.5 Å². The molecular weight excluding hydrogens is 350 g/mol. The summed E-state index contributed by atoms with van der Waals surface area (Å²) < 4.78 is 11.3. The van der Waals surface area contributed by atoms with Crippen LogP contribution in [-0.4, -0.2) is 5.97 Å². The Labute approximate surface area is 167 Å². The summed E-state index contributed by atoms with van der Waals surface area (Å²) >= 11 is 0. The van der Waals surface area contributed by atoms with Gasteiger partial charge in [-0.3, -0.25) is 4.79 Å².